The maximum Gasteiger partial charge on any atom is 0.229 e. The molecule has 27 heavy (non-hydrogen) atoms. The van der Waals surface area contributed by atoms with Crippen molar-refractivity contribution in [3.8, 4) is 0 Å². The quantitative estimate of drug-likeness (QED) is 0.247. The molecule has 152 valence electrons. The molecule has 0 radical (unpaired) electrons. The van der Waals surface area contributed by atoms with E-state index in [2.05, 4.69) is 44.2 Å². The zero-order valence-corrected chi connectivity index (χ0v) is 20.0. The Balaban J connectivity index is 1.50. The molecule has 1 atom stereocenters. The van der Waals surface area contributed by atoms with Gasteiger partial charge in [0.05, 0.1) is 8.94 Å². The molecule has 2 heterocycles. The summed E-state index contributed by atoms with van der Waals surface area (Å²) in [5, 5.41) is 0. The molecule has 1 aromatic carbocycles. The van der Waals surface area contributed by atoms with Crippen LogP contribution in [-0.4, -0.2) is 74.3 Å². The van der Waals surface area contributed by atoms with Crippen molar-refractivity contribution in [2.24, 2.45) is 5.92 Å². The monoisotopic (exact) mass is 523 g/mol. The van der Waals surface area contributed by atoms with Crippen LogP contribution in [-0.2, 0) is 8.87 Å². The van der Waals surface area contributed by atoms with Crippen LogP contribution < -0.4 is 4.90 Å². The minimum absolute atomic E-state index is 0.409. The Morgan fingerprint density at radius 1 is 1.15 bits per heavy atom. The van der Waals surface area contributed by atoms with E-state index < -0.39 is 8.87 Å². The Morgan fingerprint density at radius 2 is 1.81 bits per heavy atom. The van der Waals surface area contributed by atoms with E-state index in [0.717, 1.165) is 48.6 Å². The highest BCUT2D eigenvalue weighted by Gasteiger charge is 2.25. The molecular formula is C19H30IN3O2S2. The van der Waals surface area contributed by atoms with Crippen LogP contribution >= 0.6 is 33.4 Å². The minimum atomic E-state index is -3.22. The highest BCUT2D eigenvalue weighted by atomic mass is 127. The second kappa shape index (κ2) is 9.65. The normalized spacial score (nSPS) is 22.1. The Kier molecular flexibility index (Phi) is 7.74. The lowest BCUT2D eigenvalue weighted by Crippen LogP contribution is -2.49. The third-order valence-corrected chi connectivity index (χ3v) is 9.68. The average molecular weight is 524 g/mol. The maximum absolute atomic E-state index is 12.1. The van der Waals surface area contributed by atoms with Crippen LogP contribution in [0.3, 0.4) is 0 Å². The summed E-state index contributed by atoms with van der Waals surface area (Å²) in [5.74, 6) is 0.818. The van der Waals surface area contributed by atoms with Crippen LogP contribution in [0.2, 0.25) is 0 Å². The van der Waals surface area contributed by atoms with Crippen LogP contribution in [0.4, 0.5) is 5.69 Å². The predicted molar refractivity (Wildman–Crippen MR) is 124 cm³/mol. The van der Waals surface area contributed by atoms with Gasteiger partial charge >= 0.3 is 0 Å². The van der Waals surface area contributed by atoms with E-state index in [1.165, 1.54) is 32.5 Å². The van der Waals surface area contributed by atoms with Crippen molar-refractivity contribution in [3.05, 3.63) is 24.3 Å². The van der Waals surface area contributed by atoms with Crippen LogP contribution in [0.5, 0.6) is 0 Å². The summed E-state index contributed by atoms with van der Waals surface area (Å²) in [4.78, 5) is 7.89. The minimum Gasteiger partial charge on any atom is -0.369 e. The average Bonchev–Trinajstić information content (AvgIpc) is 2.69. The summed E-state index contributed by atoms with van der Waals surface area (Å²) in [6.45, 7) is 9.98. The van der Waals surface area contributed by atoms with Crippen LogP contribution in [0.1, 0.15) is 19.8 Å². The third-order valence-electron chi connectivity index (χ3n) is 5.73. The molecule has 2 fully saturated rings. The molecule has 1 aromatic rings. The van der Waals surface area contributed by atoms with E-state index in [1.54, 1.807) is 12.3 Å². The van der Waals surface area contributed by atoms with Gasteiger partial charge in [0.1, 0.15) is 0 Å². The second-order valence-corrected chi connectivity index (χ2v) is 13.3. The lowest BCUT2D eigenvalue weighted by molar-refractivity contribution is 0.140. The van der Waals surface area contributed by atoms with Gasteiger partial charge < -0.3 is 4.90 Å². The van der Waals surface area contributed by atoms with E-state index in [4.69, 9.17) is 0 Å². The van der Waals surface area contributed by atoms with Gasteiger partial charge in [-0.1, -0.05) is 28.7 Å². The van der Waals surface area contributed by atoms with Crippen molar-refractivity contribution in [1.29, 1.82) is 0 Å². The standard InChI is InChI=1S/C19H30IN3O2S2/c1-16(20)22-8-6-17(7-9-22)15-21-10-12-23(13-11-21)18-4-3-5-19(14-18)27(24,25)26-2/h3-5,14,16-17H,6-13,15H2,1-2H3/t16-/m0/s1. The number of benzene rings is 1. The van der Waals surface area contributed by atoms with Gasteiger partial charge in [0, 0.05) is 38.4 Å². The van der Waals surface area contributed by atoms with Crippen LogP contribution in [0.25, 0.3) is 0 Å². The highest BCUT2D eigenvalue weighted by Crippen LogP contribution is 2.27. The Hall–Kier alpha value is -0.0300. The first-order valence-corrected chi connectivity index (χ1v) is 14.1. The number of likely N-dealkylation sites (tertiary alicyclic amines) is 1. The van der Waals surface area contributed by atoms with Gasteiger partial charge in [-0.3, -0.25) is 9.80 Å². The third kappa shape index (κ3) is 5.74. The fourth-order valence-electron chi connectivity index (χ4n) is 3.98. The van der Waals surface area contributed by atoms with Gasteiger partial charge in [-0.05, 0) is 74.0 Å². The molecule has 0 amide bonds. The van der Waals surface area contributed by atoms with Crippen LogP contribution in [0.15, 0.2) is 29.2 Å². The molecule has 0 unspecified atom stereocenters. The highest BCUT2D eigenvalue weighted by molar-refractivity contribution is 14.1. The molecule has 2 saturated heterocycles. The van der Waals surface area contributed by atoms with E-state index >= 15 is 0 Å². The molecule has 8 heteroatoms. The van der Waals surface area contributed by atoms with Gasteiger partial charge in [-0.25, -0.2) is 8.42 Å². The molecule has 0 spiro atoms. The molecule has 2 aliphatic heterocycles. The van der Waals surface area contributed by atoms with Crippen LogP contribution in [0, 0.1) is 5.92 Å². The molecule has 0 bridgehead atoms. The molecule has 0 aliphatic carbocycles. The topological polar surface area (TPSA) is 43.9 Å². The smallest absolute Gasteiger partial charge is 0.229 e. The van der Waals surface area contributed by atoms with Crippen molar-refractivity contribution in [2.45, 2.75) is 28.7 Å². The zero-order chi connectivity index (χ0) is 19.4. The number of piperidine rings is 1. The van der Waals surface area contributed by atoms with Crippen molar-refractivity contribution in [1.82, 2.24) is 9.80 Å². The van der Waals surface area contributed by atoms with E-state index in [0.29, 0.717) is 8.94 Å². The van der Waals surface area contributed by atoms with Crippen molar-refractivity contribution >= 4 is 47.9 Å². The fourth-order valence-corrected chi connectivity index (χ4v) is 6.13. The van der Waals surface area contributed by atoms with E-state index in [1.807, 2.05) is 18.2 Å². The molecule has 0 saturated carbocycles. The Labute approximate surface area is 181 Å². The van der Waals surface area contributed by atoms with Crippen molar-refractivity contribution < 1.29 is 8.42 Å². The zero-order valence-electron chi connectivity index (χ0n) is 16.2. The molecule has 3 rings (SSSR count). The van der Waals surface area contributed by atoms with Crippen molar-refractivity contribution in [3.63, 3.8) is 0 Å². The molecule has 0 N–H and O–H groups in total. The summed E-state index contributed by atoms with van der Waals surface area (Å²) in [6.07, 6.45) is 4.23. The van der Waals surface area contributed by atoms with Gasteiger partial charge in [0.2, 0.25) is 8.87 Å². The van der Waals surface area contributed by atoms with E-state index in [9.17, 15) is 8.42 Å². The summed E-state index contributed by atoms with van der Waals surface area (Å²) in [6, 6.07) is 7.39. The van der Waals surface area contributed by atoms with Crippen molar-refractivity contribution in [2.75, 3.05) is 57.0 Å². The maximum atomic E-state index is 12.1. The predicted octanol–water partition coefficient (Wildman–Crippen LogP) is 3.35. The Morgan fingerprint density at radius 3 is 2.41 bits per heavy atom. The number of alkyl halides is 1. The molecule has 5 nitrogen and oxygen atoms in total. The Bertz CT molecular complexity index is 713. The number of hydrogen-bond donors (Lipinski definition) is 0. The summed E-state index contributed by atoms with van der Waals surface area (Å²) < 4.78 is 24.9. The summed E-state index contributed by atoms with van der Waals surface area (Å²) >= 11 is 2.51. The number of hydrogen-bond acceptors (Lipinski definition) is 6. The second-order valence-electron chi connectivity index (χ2n) is 7.46. The van der Waals surface area contributed by atoms with Gasteiger partial charge in [-0.15, -0.1) is 0 Å². The SMILES string of the molecule is CSS(=O)(=O)c1cccc(N2CCN(CC3CCN([C@@H](C)I)CC3)CC2)c1. The number of halogens is 1. The summed E-state index contributed by atoms with van der Waals surface area (Å²) in [7, 11) is -2.33. The summed E-state index contributed by atoms with van der Waals surface area (Å²) in [5.41, 5.74) is 1.02. The fraction of sp³-hybridized carbons (Fsp3) is 0.684. The number of anilines is 1. The van der Waals surface area contributed by atoms with E-state index in [-0.39, 0.29) is 0 Å². The largest absolute Gasteiger partial charge is 0.369 e. The molecule has 0 aromatic heterocycles. The number of nitrogens with zero attached hydrogens (tertiary/aromatic N) is 3. The van der Waals surface area contributed by atoms with Gasteiger partial charge in [0.25, 0.3) is 0 Å². The molecule has 2 aliphatic rings. The number of piperazine rings is 1. The number of rotatable bonds is 6. The first-order valence-electron chi connectivity index (χ1n) is 9.65. The van der Waals surface area contributed by atoms with Gasteiger partial charge in [-0.2, -0.15) is 0 Å². The molecular weight excluding hydrogens is 493 g/mol. The first-order chi connectivity index (χ1) is 12.9. The van der Waals surface area contributed by atoms with Gasteiger partial charge in [0.15, 0.2) is 0 Å². The lowest BCUT2D eigenvalue weighted by atomic mass is 9.96. The lowest BCUT2D eigenvalue weighted by Gasteiger charge is -2.40. The first kappa shape index (κ1) is 21.7.